The van der Waals surface area contributed by atoms with E-state index < -0.39 is 46.0 Å². The van der Waals surface area contributed by atoms with Crippen molar-refractivity contribution in [1.29, 1.82) is 0 Å². The fourth-order valence-electron chi connectivity index (χ4n) is 3.81. The lowest BCUT2D eigenvalue weighted by molar-refractivity contribution is 0.0983. The highest BCUT2D eigenvalue weighted by Gasteiger charge is 2.26. The molecule has 216 valence electrons. The highest BCUT2D eigenvalue weighted by atomic mass is 31.2. The van der Waals surface area contributed by atoms with Gasteiger partial charge >= 0.3 is 33.5 Å². The lowest BCUT2D eigenvalue weighted by Gasteiger charge is -2.32. The van der Waals surface area contributed by atoms with Gasteiger partial charge in [-0.25, -0.2) is 14.4 Å². The van der Waals surface area contributed by atoms with Gasteiger partial charge in [0.25, 0.3) is 0 Å². The Labute approximate surface area is 214 Å². The molecule has 1 saturated heterocycles. The predicted octanol–water partition coefficient (Wildman–Crippen LogP) is -0.0153. The fraction of sp³-hybridized carbons (Fsp3) is 0.833. The van der Waals surface area contributed by atoms with Crippen LogP contribution in [-0.4, -0.2) is 156 Å². The van der Waals surface area contributed by atoms with Gasteiger partial charge in [0.1, 0.15) is 12.6 Å². The van der Waals surface area contributed by atoms with Crippen LogP contribution in [0.4, 0.5) is 14.4 Å². The summed E-state index contributed by atoms with van der Waals surface area (Å²) in [5.41, 5.74) is 0. The van der Waals surface area contributed by atoms with Gasteiger partial charge in [0.2, 0.25) is 0 Å². The van der Waals surface area contributed by atoms with Crippen LogP contribution < -0.4 is 0 Å². The van der Waals surface area contributed by atoms with Gasteiger partial charge in [0.15, 0.2) is 0 Å². The first kappa shape index (κ1) is 33.1. The van der Waals surface area contributed by atoms with Crippen LogP contribution in [0.15, 0.2) is 0 Å². The quantitative estimate of drug-likeness (QED) is 0.133. The van der Waals surface area contributed by atoms with Crippen LogP contribution in [0.25, 0.3) is 0 Å². The summed E-state index contributed by atoms with van der Waals surface area (Å²) in [6.07, 6.45) is -3.75. The van der Waals surface area contributed by atoms with E-state index in [1.165, 1.54) is 0 Å². The summed E-state index contributed by atoms with van der Waals surface area (Å²) in [5, 5.41) is 28.3. The lowest BCUT2D eigenvalue weighted by Crippen LogP contribution is -2.49. The Hall–Kier alpha value is -1.97. The number of hydrogen-bond donors (Lipinski definition) is 7. The predicted molar refractivity (Wildman–Crippen MR) is 130 cm³/mol. The molecule has 0 aromatic rings. The summed E-state index contributed by atoms with van der Waals surface area (Å²) in [6.45, 7) is 0.862. The molecule has 0 aromatic carbocycles. The maximum absolute atomic E-state index is 11.6. The Balaban J connectivity index is 2.73. The van der Waals surface area contributed by atoms with Gasteiger partial charge in [0.05, 0.1) is 0 Å². The van der Waals surface area contributed by atoms with E-state index in [1.54, 1.807) is 0 Å². The van der Waals surface area contributed by atoms with Crippen LogP contribution in [-0.2, 0) is 9.13 Å². The zero-order chi connectivity index (χ0) is 28.2. The first-order chi connectivity index (χ1) is 17.1. The molecule has 7 N–H and O–H groups in total. The molecule has 1 fully saturated rings. The Morgan fingerprint density at radius 2 is 0.946 bits per heavy atom. The molecule has 1 heterocycles. The van der Waals surface area contributed by atoms with E-state index >= 15 is 0 Å². The molecule has 1 rings (SSSR count). The van der Waals surface area contributed by atoms with Crippen molar-refractivity contribution in [2.45, 2.75) is 19.3 Å². The molecular formula is C18H37N5O12P2. The molecule has 0 spiro atoms. The van der Waals surface area contributed by atoms with Crippen LogP contribution >= 0.6 is 15.2 Å². The summed E-state index contributed by atoms with van der Waals surface area (Å²) < 4.78 is 22.5. The number of rotatable bonds is 10. The third-order valence-corrected chi connectivity index (χ3v) is 7.22. The van der Waals surface area contributed by atoms with E-state index in [4.69, 9.17) is 19.6 Å². The number of hydrogen-bond acceptors (Lipinski definition) is 7. The molecule has 0 unspecified atom stereocenters. The van der Waals surface area contributed by atoms with E-state index in [0.717, 1.165) is 19.6 Å². The summed E-state index contributed by atoms with van der Waals surface area (Å²) in [4.78, 5) is 77.3. The maximum Gasteiger partial charge on any atom is 0.407 e. The first-order valence-corrected chi connectivity index (χ1v) is 15.1. The average Bonchev–Trinajstić information content (AvgIpc) is 2.71. The monoisotopic (exact) mass is 577 g/mol. The minimum atomic E-state index is -4.51. The smallest absolute Gasteiger partial charge is 0.407 e. The minimum Gasteiger partial charge on any atom is -0.465 e. The van der Waals surface area contributed by atoms with Crippen molar-refractivity contribution in [2.75, 3.05) is 78.0 Å². The molecule has 1 aliphatic rings. The average molecular weight is 577 g/mol. The van der Waals surface area contributed by atoms with Gasteiger partial charge in [-0.2, -0.15) is 0 Å². The first-order valence-electron chi connectivity index (χ1n) is 11.5. The molecule has 37 heavy (non-hydrogen) atoms. The molecule has 19 heteroatoms. The van der Waals surface area contributed by atoms with Gasteiger partial charge in [0, 0.05) is 52.4 Å². The Bertz CT molecular complexity index is 799. The third kappa shape index (κ3) is 15.1. The molecule has 0 aromatic heterocycles. The third-order valence-electron chi connectivity index (χ3n) is 5.68. The second-order valence-electron chi connectivity index (χ2n) is 8.72. The standard InChI is InChI=1S/C18H37N5O12P2/c24-16(25)21-8-6-19(7-9-22(17(26)27)11-13-23(12-10-21)18(28)29)4-2-1-3-5-20(14-36(30,31)32)15-37(33,34)35/h1-15H2,(H,24,25)(H,26,27)(H,28,29)(H2,30,31,32)(H2,33,34,35). The zero-order valence-corrected chi connectivity index (χ0v) is 22.2. The molecule has 0 aliphatic carbocycles. The molecule has 17 nitrogen and oxygen atoms in total. The SMILES string of the molecule is O=C(O)N1CCN(CCCCCN(CP(=O)(O)O)CP(=O)(O)O)CCN(C(=O)O)CCN(C(=O)O)CC1. The van der Waals surface area contributed by atoms with E-state index in [-0.39, 0.29) is 58.9 Å². The van der Waals surface area contributed by atoms with E-state index in [1.807, 2.05) is 4.90 Å². The minimum absolute atomic E-state index is 0.0515. The number of amides is 3. The summed E-state index contributed by atoms with van der Waals surface area (Å²) in [7, 11) is -9.03. The van der Waals surface area contributed by atoms with Crippen LogP contribution in [0.5, 0.6) is 0 Å². The van der Waals surface area contributed by atoms with Gasteiger partial charge < -0.3 is 49.6 Å². The van der Waals surface area contributed by atoms with Gasteiger partial charge in [-0.1, -0.05) is 6.42 Å². The molecule has 0 atom stereocenters. The Kier molecular flexibility index (Phi) is 13.8. The number of carboxylic acid groups (broad SMARTS) is 3. The zero-order valence-electron chi connectivity index (χ0n) is 20.4. The largest absolute Gasteiger partial charge is 0.465 e. The van der Waals surface area contributed by atoms with Gasteiger partial charge in [-0.3, -0.25) is 18.9 Å². The van der Waals surface area contributed by atoms with Crippen molar-refractivity contribution in [3.8, 4) is 0 Å². The van der Waals surface area contributed by atoms with E-state index in [0.29, 0.717) is 25.8 Å². The summed E-state index contributed by atoms with van der Waals surface area (Å²) >= 11 is 0. The highest BCUT2D eigenvalue weighted by molar-refractivity contribution is 7.52. The van der Waals surface area contributed by atoms with Crippen LogP contribution in [0, 0.1) is 0 Å². The van der Waals surface area contributed by atoms with Gasteiger partial charge in [-0.05, 0) is 25.9 Å². The van der Waals surface area contributed by atoms with Crippen LogP contribution in [0.2, 0.25) is 0 Å². The molecule has 0 saturated carbocycles. The van der Waals surface area contributed by atoms with Crippen LogP contribution in [0.1, 0.15) is 19.3 Å². The van der Waals surface area contributed by atoms with E-state index in [9.17, 15) is 38.8 Å². The van der Waals surface area contributed by atoms with Crippen molar-refractivity contribution in [3.63, 3.8) is 0 Å². The second kappa shape index (κ2) is 15.4. The molecular weight excluding hydrogens is 540 g/mol. The number of nitrogens with zero attached hydrogens (tertiary/aromatic N) is 5. The highest BCUT2D eigenvalue weighted by Crippen LogP contribution is 2.40. The van der Waals surface area contributed by atoms with Crippen molar-refractivity contribution in [3.05, 3.63) is 0 Å². The molecule has 3 amide bonds. The summed E-state index contributed by atoms with van der Waals surface area (Å²) in [6, 6.07) is 0. The molecule has 0 bridgehead atoms. The molecule has 0 radical (unpaired) electrons. The van der Waals surface area contributed by atoms with Crippen LogP contribution in [0.3, 0.4) is 0 Å². The van der Waals surface area contributed by atoms with Gasteiger partial charge in [-0.15, -0.1) is 0 Å². The van der Waals surface area contributed by atoms with Crippen molar-refractivity contribution in [2.24, 2.45) is 0 Å². The second-order valence-corrected chi connectivity index (χ2v) is 11.9. The summed E-state index contributed by atoms with van der Waals surface area (Å²) in [5.74, 6) is 0. The van der Waals surface area contributed by atoms with Crippen molar-refractivity contribution in [1.82, 2.24) is 24.5 Å². The van der Waals surface area contributed by atoms with E-state index in [2.05, 4.69) is 0 Å². The lowest BCUT2D eigenvalue weighted by atomic mass is 10.2. The fourth-order valence-corrected chi connectivity index (χ4v) is 5.49. The maximum atomic E-state index is 11.6. The Morgan fingerprint density at radius 3 is 1.27 bits per heavy atom. The normalized spacial score (nSPS) is 17.4. The van der Waals surface area contributed by atoms with Crippen molar-refractivity contribution < 1.29 is 58.4 Å². The molecule has 1 aliphatic heterocycles. The number of carbonyl (C=O) groups is 3. The topological polar surface area (TPSA) is 243 Å². The van der Waals surface area contributed by atoms with Crippen molar-refractivity contribution >= 4 is 33.5 Å². The number of unbranched alkanes of at least 4 members (excludes halogenated alkanes) is 2. The Morgan fingerprint density at radius 1 is 0.595 bits per heavy atom.